The van der Waals surface area contributed by atoms with Crippen LogP contribution in [-0.2, 0) is 61.2 Å². The highest BCUT2D eigenvalue weighted by Gasteiger charge is 2.58. The molecule has 25 heteroatoms. The number of aliphatic hydroxyl groups excluding tert-OH is 10. The third-order valence-corrected chi connectivity index (χ3v) is 20.5. The molecule has 98 heavy (non-hydrogen) atoms. The van der Waals surface area contributed by atoms with E-state index in [9.17, 15) is 74.9 Å². The van der Waals surface area contributed by atoms with Crippen LogP contribution in [-0.4, -0.2) is 204 Å². The van der Waals surface area contributed by atoms with Crippen molar-refractivity contribution in [2.75, 3.05) is 26.4 Å². The Kier molecular flexibility index (Phi) is 50.2. The molecule has 1 aliphatic carbocycles. The standard InChI is InChI=1S/C73H137O24P/c1-5-8-11-14-17-19-21-23-24-25-27-29-31-38-43-48-59(77)92-54(50-89-57(75)46-41-36-30-28-26-22-20-18-15-12-9-6-2)51-91-98(87,88)97-71-69(95-72-67(85)62(80)60(78)55(49-74)93-72)65(83)64(82)66(84)70(71)96-73-68(86)63(81)61(79)56(94-73)52-90-58(76)47-42-37-33-32-35-40-45-53(4)44-39-34-16-13-10-7-3/h53-56,60-74,78-86H,5-52H2,1-4H3,(H,87,88). The van der Waals surface area contributed by atoms with Gasteiger partial charge in [0, 0.05) is 19.3 Å². The topological polar surface area (TPSA) is 374 Å². The summed E-state index contributed by atoms with van der Waals surface area (Å²) in [6, 6.07) is 0. The second kappa shape index (κ2) is 54.6. The molecule has 0 aromatic rings. The molecule has 0 amide bonds. The van der Waals surface area contributed by atoms with Gasteiger partial charge >= 0.3 is 25.7 Å². The highest BCUT2D eigenvalue weighted by Crippen LogP contribution is 2.49. The van der Waals surface area contributed by atoms with Gasteiger partial charge in [0.05, 0.1) is 13.2 Å². The molecule has 19 unspecified atom stereocenters. The van der Waals surface area contributed by atoms with Crippen LogP contribution < -0.4 is 0 Å². The van der Waals surface area contributed by atoms with Crippen molar-refractivity contribution in [2.45, 2.75) is 414 Å². The van der Waals surface area contributed by atoms with E-state index in [1.54, 1.807) is 0 Å². The molecule has 3 rings (SSSR count). The lowest BCUT2D eigenvalue weighted by Gasteiger charge is -2.49. The molecule has 19 atom stereocenters. The predicted molar refractivity (Wildman–Crippen MR) is 370 cm³/mol. The number of phosphoric acid groups is 1. The fourth-order valence-corrected chi connectivity index (χ4v) is 14.1. The summed E-state index contributed by atoms with van der Waals surface area (Å²) in [5.41, 5.74) is 0. The minimum Gasteiger partial charge on any atom is -0.463 e. The molecule has 2 heterocycles. The zero-order valence-electron chi connectivity index (χ0n) is 60.5. The largest absolute Gasteiger partial charge is 0.472 e. The highest BCUT2D eigenvalue weighted by molar-refractivity contribution is 7.47. The van der Waals surface area contributed by atoms with Crippen molar-refractivity contribution in [3.05, 3.63) is 0 Å². The van der Waals surface area contributed by atoms with Crippen molar-refractivity contribution in [3.63, 3.8) is 0 Å². The number of hydrogen-bond acceptors (Lipinski definition) is 23. The lowest BCUT2D eigenvalue weighted by atomic mass is 9.84. The Morgan fingerprint density at radius 1 is 0.388 bits per heavy atom. The molecule has 24 nitrogen and oxygen atoms in total. The van der Waals surface area contributed by atoms with Crippen molar-refractivity contribution in [1.82, 2.24) is 0 Å². The van der Waals surface area contributed by atoms with E-state index in [0.29, 0.717) is 25.2 Å². The Bertz CT molecular complexity index is 2050. The number of carbonyl (C=O) groups is 3. The first kappa shape index (κ1) is 90.2. The molecule has 3 fully saturated rings. The Labute approximate surface area is 587 Å². The van der Waals surface area contributed by atoms with E-state index < -0.39 is 156 Å². The van der Waals surface area contributed by atoms with Crippen LogP contribution in [0.1, 0.15) is 310 Å². The molecular formula is C73H137O24P. The Balaban J connectivity index is 1.73. The van der Waals surface area contributed by atoms with Crippen molar-refractivity contribution < 1.29 is 117 Å². The maximum Gasteiger partial charge on any atom is 0.472 e. The van der Waals surface area contributed by atoms with Gasteiger partial charge in [-0.3, -0.25) is 23.4 Å². The summed E-state index contributed by atoms with van der Waals surface area (Å²) in [4.78, 5) is 51.0. The second-order valence-electron chi connectivity index (χ2n) is 28.4. The van der Waals surface area contributed by atoms with Gasteiger partial charge in [0.15, 0.2) is 18.7 Å². The highest BCUT2D eigenvalue weighted by atomic mass is 31.2. The molecule has 0 aromatic heterocycles. The third-order valence-electron chi connectivity index (χ3n) is 19.5. The van der Waals surface area contributed by atoms with Crippen LogP contribution in [0.2, 0.25) is 0 Å². The van der Waals surface area contributed by atoms with Gasteiger partial charge in [0.25, 0.3) is 0 Å². The van der Waals surface area contributed by atoms with Crippen molar-refractivity contribution in [2.24, 2.45) is 5.92 Å². The van der Waals surface area contributed by atoms with Crippen LogP contribution in [0.15, 0.2) is 0 Å². The molecule has 0 radical (unpaired) electrons. The Morgan fingerprint density at radius 3 is 1.10 bits per heavy atom. The molecule has 0 aromatic carbocycles. The fraction of sp³-hybridized carbons (Fsp3) is 0.959. The van der Waals surface area contributed by atoms with Gasteiger partial charge in [0.2, 0.25) is 0 Å². The van der Waals surface area contributed by atoms with Gasteiger partial charge in [-0.1, -0.05) is 272 Å². The number of phosphoric ester groups is 1. The number of unbranched alkanes of at least 4 members (excludes halogenated alkanes) is 35. The van der Waals surface area contributed by atoms with Gasteiger partial charge in [0.1, 0.15) is 98.7 Å². The predicted octanol–water partition coefficient (Wildman–Crippen LogP) is 10.8. The smallest absolute Gasteiger partial charge is 0.463 e. The molecule has 0 bridgehead atoms. The lowest BCUT2D eigenvalue weighted by molar-refractivity contribution is -0.360. The quantitative estimate of drug-likeness (QED) is 0.0117. The van der Waals surface area contributed by atoms with Gasteiger partial charge in [-0.05, 0) is 25.2 Å². The SMILES string of the molecule is CCCCCCCCCCCCCCCCCC(=O)OC(COC(=O)CCCCCCCCCCCCCC)COP(=O)(O)OC1C(OC2OC(CO)C(O)C(O)C2O)C(O)C(O)C(O)C1OC1OC(COC(=O)CCCCCCCCC(C)CCCCCCCC)C(O)C(O)C1O. The molecule has 1 saturated carbocycles. The van der Waals surface area contributed by atoms with E-state index in [1.807, 2.05) is 0 Å². The Morgan fingerprint density at radius 2 is 0.714 bits per heavy atom. The molecule has 3 aliphatic rings. The van der Waals surface area contributed by atoms with Crippen LogP contribution in [0.4, 0.5) is 0 Å². The van der Waals surface area contributed by atoms with E-state index >= 15 is 0 Å². The lowest BCUT2D eigenvalue weighted by Crippen LogP contribution is -2.69. The molecular weight excluding hydrogens is 1290 g/mol. The van der Waals surface area contributed by atoms with Crippen LogP contribution in [0.3, 0.4) is 0 Å². The summed E-state index contributed by atoms with van der Waals surface area (Å²) in [7, 11) is -5.69. The normalized spacial score (nSPS) is 27.9. The van der Waals surface area contributed by atoms with E-state index in [-0.39, 0.29) is 19.3 Å². The van der Waals surface area contributed by atoms with Crippen LogP contribution in [0.25, 0.3) is 0 Å². The van der Waals surface area contributed by atoms with Crippen molar-refractivity contribution in [3.8, 4) is 0 Å². The number of rotatable bonds is 60. The molecule has 2 aliphatic heterocycles. The summed E-state index contributed by atoms with van der Waals surface area (Å²) in [5.74, 6) is -1.28. The zero-order valence-corrected chi connectivity index (χ0v) is 61.4. The van der Waals surface area contributed by atoms with Gasteiger partial charge in [-0.25, -0.2) is 4.57 Å². The van der Waals surface area contributed by atoms with Gasteiger partial charge in [-0.15, -0.1) is 0 Å². The second-order valence-corrected chi connectivity index (χ2v) is 29.8. The van der Waals surface area contributed by atoms with E-state index in [0.717, 1.165) is 96.3 Å². The molecule has 2 saturated heterocycles. The average Bonchev–Trinajstić information content (AvgIpc) is 0.762. The summed E-state index contributed by atoms with van der Waals surface area (Å²) in [6.45, 7) is 5.79. The van der Waals surface area contributed by atoms with E-state index in [1.165, 1.54) is 148 Å². The average molecular weight is 1430 g/mol. The minimum absolute atomic E-state index is 0.0310. The first-order chi connectivity index (χ1) is 47.2. The number of ether oxygens (including phenoxy) is 7. The molecule has 578 valence electrons. The van der Waals surface area contributed by atoms with Gasteiger partial charge < -0.3 is 89.1 Å². The first-order valence-corrected chi connectivity index (χ1v) is 40.2. The summed E-state index contributed by atoms with van der Waals surface area (Å²) >= 11 is 0. The number of carbonyl (C=O) groups excluding carboxylic acids is 3. The fourth-order valence-electron chi connectivity index (χ4n) is 13.1. The minimum atomic E-state index is -5.69. The molecule has 11 N–H and O–H groups in total. The van der Waals surface area contributed by atoms with Crippen molar-refractivity contribution in [1.29, 1.82) is 0 Å². The first-order valence-electron chi connectivity index (χ1n) is 38.7. The maximum atomic E-state index is 14.3. The van der Waals surface area contributed by atoms with Crippen molar-refractivity contribution >= 4 is 25.7 Å². The summed E-state index contributed by atoms with van der Waals surface area (Å²) in [6.07, 6.45) is 10.2. The number of hydrogen-bond donors (Lipinski definition) is 11. The molecule has 0 spiro atoms. The third kappa shape index (κ3) is 37.6. The zero-order chi connectivity index (χ0) is 71.9. The number of esters is 3. The van der Waals surface area contributed by atoms with Crippen LogP contribution in [0, 0.1) is 5.92 Å². The monoisotopic (exact) mass is 1430 g/mol. The van der Waals surface area contributed by atoms with E-state index in [2.05, 4.69) is 27.7 Å². The van der Waals surface area contributed by atoms with Gasteiger partial charge in [-0.2, -0.15) is 0 Å². The summed E-state index contributed by atoms with van der Waals surface area (Å²) in [5, 5.41) is 110. The number of aliphatic hydroxyl groups is 10. The Hall–Kier alpha value is -2.04. The van der Waals surface area contributed by atoms with Crippen LogP contribution >= 0.6 is 7.82 Å². The van der Waals surface area contributed by atoms with E-state index in [4.69, 9.17) is 42.2 Å². The summed E-state index contributed by atoms with van der Waals surface area (Å²) < 4.78 is 65.1. The maximum absolute atomic E-state index is 14.3. The van der Waals surface area contributed by atoms with Crippen LogP contribution in [0.5, 0.6) is 0 Å².